The fraction of sp³-hybridized carbons (Fsp3) is 0.600. The van der Waals surface area contributed by atoms with Crippen LogP contribution < -0.4 is 0 Å². The van der Waals surface area contributed by atoms with Crippen LogP contribution in [0.25, 0.3) is 0 Å². The molecule has 0 saturated heterocycles. The quantitative estimate of drug-likeness (QED) is 0.412. The first-order valence-electron chi connectivity index (χ1n) is 2.22. The molecule has 0 fully saturated rings. The molecule has 0 bridgehead atoms. The maximum absolute atomic E-state index is 7.99. The van der Waals surface area contributed by atoms with E-state index in [-0.39, 0.29) is 0 Å². The van der Waals surface area contributed by atoms with Crippen molar-refractivity contribution in [1.29, 1.82) is 5.26 Å². The Morgan fingerprint density at radius 1 is 1.71 bits per heavy atom. The first kappa shape index (κ1) is 6.84. The molecular formula is C5H8NS. The average Bonchev–Trinajstić information content (AvgIpc) is 1.69. The number of thioether (sulfide) groups is 1. The fourth-order valence-corrected chi connectivity index (χ4v) is 0.660. The third-order valence-electron chi connectivity index (χ3n) is 0.561. The molecule has 0 aromatic heterocycles. The molecule has 0 unspecified atom stereocenters. The van der Waals surface area contributed by atoms with Crippen molar-refractivity contribution in [3.05, 3.63) is 6.92 Å². The van der Waals surface area contributed by atoms with Crippen LogP contribution in [0.3, 0.4) is 0 Å². The minimum Gasteiger partial charge on any atom is -0.185 e. The lowest BCUT2D eigenvalue weighted by molar-refractivity contribution is 0.971. The Morgan fingerprint density at radius 2 is 2.43 bits per heavy atom. The molecule has 0 aliphatic rings. The number of thiocyanates is 1. The molecule has 1 radical (unpaired) electrons. The predicted molar refractivity (Wildman–Crippen MR) is 32.7 cm³/mol. The van der Waals surface area contributed by atoms with E-state index in [4.69, 9.17) is 5.26 Å². The molecule has 0 saturated carbocycles. The van der Waals surface area contributed by atoms with Gasteiger partial charge < -0.3 is 0 Å². The molecule has 0 aromatic carbocycles. The van der Waals surface area contributed by atoms with Crippen molar-refractivity contribution in [3.63, 3.8) is 0 Å². The number of hydrogen-bond donors (Lipinski definition) is 0. The Bertz CT molecular complexity index is 65.0. The van der Waals surface area contributed by atoms with Gasteiger partial charge in [0, 0.05) is 5.75 Å². The van der Waals surface area contributed by atoms with Crippen molar-refractivity contribution in [1.82, 2.24) is 0 Å². The van der Waals surface area contributed by atoms with Crippen LogP contribution in [0, 0.1) is 17.6 Å². The number of hydrogen-bond acceptors (Lipinski definition) is 2. The molecule has 0 aliphatic heterocycles. The Morgan fingerprint density at radius 3 is 2.86 bits per heavy atom. The topological polar surface area (TPSA) is 23.8 Å². The predicted octanol–water partition coefficient (Wildman–Crippen LogP) is 1.81. The van der Waals surface area contributed by atoms with Crippen molar-refractivity contribution >= 4 is 11.8 Å². The summed E-state index contributed by atoms with van der Waals surface area (Å²) in [5.74, 6) is 0.931. The summed E-state index contributed by atoms with van der Waals surface area (Å²) in [6.45, 7) is 3.63. The van der Waals surface area contributed by atoms with E-state index >= 15 is 0 Å². The van der Waals surface area contributed by atoms with Crippen LogP contribution >= 0.6 is 11.8 Å². The molecule has 0 heterocycles. The number of rotatable bonds is 3. The lowest BCUT2D eigenvalue weighted by Gasteiger charge is -1.83. The molecule has 0 aliphatic carbocycles. The largest absolute Gasteiger partial charge is 0.185 e. The molecule has 7 heavy (non-hydrogen) atoms. The van der Waals surface area contributed by atoms with Crippen LogP contribution in [0.1, 0.15) is 12.8 Å². The van der Waals surface area contributed by atoms with Gasteiger partial charge in [0.05, 0.1) is 0 Å². The summed E-state index contributed by atoms with van der Waals surface area (Å²) in [6.07, 6.45) is 1.99. The summed E-state index contributed by atoms with van der Waals surface area (Å²) in [5, 5.41) is 9.98. The molecule has 0 spiro atoms. The van der Waals surface area contributed by atoms with Crippen LogP contribution in [0.2, 0.25) is 0 Å². The SMILES string of the molecule is [CH2]CCCSC#N. The van der Waals surface area contributed by atoms with Crippen LogP contribution in [-0.2, 0) is 0 Å². The smallest absolute Gasteiger partial charge is 0.133 e. The Hall–Kier alpha value is -0.160. The fourth-order valence-electron chi connectivity index (χ4n) is 0.220. The first-order chi connectivity index (χ1) is 3.41. The molecular weight excluding hydrogens is 106 g/mol. The standard InChI is InChI=1S/C5H8NS/c1-2-3-4-7-5-6/h1-4H2. The highest BCUT2D eigenvalue weighted by atomic mass is 32.2. The molecule has 0 aromatic rings. The summed E-state index contributed by atoms with van der Waals surface area (Å²) in [6, 6.07) is 0. The minimum atomic E-state index is 0.931. The molecule has 0 amide bonds. The molecule has 39 valence electrons. The Balaban J connectivity index is 2.60. The monoisotopic (exact) mass is 114 g/mol. The van der Waals surface area contributed by atoms with E-state index in [9.17, 15) is 0 Å². The molecule has 1 nitrogen and oxygen atoms in total. The zero-order chi connectivity index (χ0) is 5.54. The van der Waals surface area contributed by atoms with Crippen LogP contribution in [0.5, 0.6) is 0 Å². The second-order valence-electron chi connectivity index (χ2n) is 1.15. The van der Waals surface area contributed by atoms with Crippen molar-refractivity contribution in [3.8, 4) is 5.40 Å². The highest BCUT2D eigenvalue weighted by Gasteiger charge is 1.80. The van der Waals surface area contributed by atoms with E-state index in [1.165, 1.54) is 11.8 Å². The number of unbranched alkanes of at least 4 members (excludes halogenated alkanes) is 1. The van der Waals surface area contributed by atoms with Gasteiger partial charge in [-0.25, -0.2) is 0 Å². The highest BCUT2D eigenvalue weighted by Crippen LogP contribution is 1.99. The molecule has 0 atom stereocenters. The zero-order valence-electron chi connectivity index (χ0n) is 4.18. The van der Waals surface area contributed by atoms with E-state index in [2.05, 4.69) is 6.92 Å². The van der Waals surface area contributed by atoms with E-state index in [0.29, 0.717) is 0 Å². The maximum Gasteiger partial charge on any atom is 0.133 e. The van der Waals surface area contributed by atoms with Gasteiger partial charge in [0.1, 0.15) is 5.40 Å². The third kappa shape index (κ3) is 5.84. The molecule has 0 N–H and O–H groups in total. The summed E-state index contributed by atoms with van der Waals surface area (Å²) < 4.78 is 0. The summed E-state index contributed by atoms with van der Waals surface area (Å²) in [5.41, 5.74) is 0. The Kier molecular flexibility index (Phi) is 5.71. The van der Waals surface area contributed by atoms with Gasteiger partial charge in [-0.15, -0.1) is 0 Å². The van der Waals surface area contributed by atoms with Gasteiger partial charge >= 0.3 is 0 Å². The van der Waals surface area contributed by atoms with Gasteiger partial charge in [-0.05, 0) is 18.2 Å². The maximum atomic E-state index is 7.99. The number of nitriles is 1. The van der Waals surface area contributed by atoms with Gasteiger partial charge in [0.25, 0.3) is 0 Å². The first-order valence-corrected chi connectivity index (χ1v) is 3.20. The van der Waals surface area contributed by atoms with E-state index < -0.39 is 0 Å². The van der Waals surface area contributed by atoms with Crippen LogP contribution in [0.15, 0.2) is 0 Å². The summed E-state index contributed by atoms with van der Waals surface area (Å²) in [7, 11) is 0. The van der Waals surface area contributed by atoms with Crippen LogP contribution in [0.4, 0.5) is 0 Å². The second-order valence-corrected chi connectivity index (χ2v) is 2.03. The van der Waals surface area contributed by atoms with Crippen molar-refractivity contribution in [2.45, 2.75) is 12.8 Å². The summed E-state index contributed by atoms with van der Waals surface area (Å²) in [4.78, 5) is 0. The Labute approximate surface area is 48.7 Å². The minimum absolute atomic E-state index is 0.931. The summed E-state index contributed by atoms with van der Waals surface area (Å²) >= 11 is 1.30. The average molecular weight is 114 g/mol. The van der Waals surface area contributed by atoms with Crippen molar-refractivity contribution in [2.24, 2.45) is 0 Å². The highest BCUT2D eigenvalue weighted by molar-refractivity contribution is 8.03. The third-order valence-corrected chi connectivity index (χ3v) is 1.18. The van der Waals surface area contributed by atoms with E-state index in [0.717, 1.165) is 18.6 Å². The lowest BCUT2D eigenvalue weighted by atomic mass is 10.4. The van der Waals surface area contributed by atoms with Gasteiger partial charge in [0.15, 0.2) is 0 Å². The van der Waals surface area contributed by atoms with Gasteiger partial charge in [-0.3, -0.25) is 0 Å². The molecule has 0 rings (SSSR count). The van der Waals surface area contributed by atoms with Crippen molar-refractivity contribution in [2.75, 3.05) is 5.75 Å². The number of nitrogens with zero attached hydrogens (tertiary/aromatic N) is 1. The van der Waals surface area contributed by atoms with Gasteiger partial charge in [-0.1, -0.05) is 13.3 Å². The van der Waals surface area contributed by atoms with Gasteiger partial charge in [0.2, 0.25) is 0 Å². The van der Waals surface area contributed by atoms with E-state index in [1.54, 1.807) is 0 Å². The van der Waals surface area contributed by atoms with Crippen molar-refractivity contribution < 1.29 is 0 Å². The lowest BCUT2D eigenvalue weighted by Crippen LogP contribution is -1.71. The molecule has 2 heteroatoms. The van der Waals surface area contributed by atoms with E-state index in [1.807, 2.05) is 5.40 Å². The van der Waals surface area contributed by atoms with Crippen LogP contribution in [-0.4, -0.2) is 5.75 Å². The normalized spacial score (nSPS) is 8.00. The second kappa shape index (κ2) is 5.84. The van der Waals surface area contributed by atoms with Gasteiger partial charge in [-0.2, -0.15) is 5.26 Å². The zero-order valence-corrected chi connectivity index (χ0v) is 5.00.